The first kappa shape index (κ1) is 11.4. The van der Waals surface area contributed by atoms with Crippen molar-refractivity contribution in [3.8, 4) is 0 Å². The summed E-state index contributed by atoms with van der Waals surface area (Å²) < 4.78 is 0. The lowest BCUT2D eigenvalue weighted by Gasteiger charge is -2.00. The molecule has 0 atom stereocenters. The number of aromatic nitrogens is 4. The monoisotopic (exact) mass is 250 g/mol. The van der Waals surface area contributed by atoms with Crippen LogP contribution in [-0.2, 0) is 0 Å². The quantitative estimate of drug-likeness (QED) is 0.841. The van der Waals surface area contributed by atoms with Gasteiger partial charge in [-0.05, 0) is 19.1 Å². The standard InChI is InChI=1S/C9H10N6OS/c1-5-12-15-9(17-5)11-8(16)6-3-4-7(10-2)14-13-6/h3-4H,1-2H3,(H,10,14)(H,11,15,16). The second-order valence-electron chi connectivity index (χ2n) is 3.13. The van der Waals surface area contributed by atoms with Crippen molar-refractivity contribution < 1.29 is 4.79 Å². The lowest BCUT2D eigenvalue weighted by molar-refractivity contribution is 0.102. The van der Waals surface area contributed by atoms with Crippen LogP contribution in [0.5, 0.6) is 0 Å². The minimum absolute atomic E-state index is 0.233. The summed E-state index contributed by atoms with van der Waals surface area (Å²) in [4.78, 5) is 11.7. The molecule has 17 heavy (non-hydrogen) atoms. The first-order chi connectivity index (χ1) is 8.19. The number of hydrogen-bond acceptors (Lipinski definition) is 7. The van der Waals surface area contributed by atoms with Crippen molar-refractivity contribution in [2.24, 2.45) is 0 Å². The van der Waals surface area contributed by atoms with Gasteiger partial charge in [-0.25, -0.2) is 0 Å². The summed E-state index contributed by atoms with van der Waals surface area (Å²) in [6.45, 7) is 1.81. The third-order valence-electron chi connectivity index (χ3n) is 1.90. The smallest absolute Gasteiger partial charge is 0.278 e. The molecule has 8 heteroatoms. The molecule has 0 aliphatic rings. The highest BCUT2D eigenvalue weighted by atomic mass is 32.1. The Bertz CT molecular complexity index is 523. The van der Waals surface area contributed by atoms with Crippen LogP contribution in [-0.4, -0.2) is 33.3 Å². The molecule has 88 valence electrons. The van der Waals surface area contributed by atoms with E-state index < -0.39 is 0 Å². The molecule has 0 fully saturated rings. The Morgan fingerprint density at radius 1 is 1.24 bits per heavy atom. The fourth-order valence-electron chi connectivity index (χ4n) is 1.09. The number of nitrogens with one attached hydrogen (secondary N) is 2. The van der Waals surface area contributed by atoms with Gasteiger partial charge in [-0.1, -0.05) is 11.3 Å². The second kappa shape index (κ2) is 4.83. The highest BCUT2D eigenvalue weighted by Crippen LogP contribution is 2.14. The third-order valence-corrected chi connectivity index (χ3v) is 2.65. The Kier molecular flexibility index (Phi) is 3.24. The molecule has 2 aromatic rings. The molecular formula is C9H10N6OS. The van der Waals surface area contributed by atoms with Gasteiger partial charge in [-0.2, -0.15) is 0 Å². The number of carbonyl (C=O) groups excluding carboxylic acids is 1. The van der Waals surface area contributed by atoms with Crippen LogP contribution >= 0.6 is 11.3 Å². The maximum absolute atomic E-state index is 11.7. The molecule has 2 aromatic heterocycles. The molecule has 0 bridgehead atoms. The average Bonchev–Trinajstić information content (AvgIpc) is 2.75. The van der Waals surface area contributed by atoms with Gasteiger partial charge in [0.2, 0.25) is 5.13 Å². The Hall–Kier alpha value is -2.09. The van der Waals surface area contributed by atoms with Crippen molar-refractivity contribution in [2.75, 3.05) is 17.7 Å². The lowest BCUT2D eigenvalue weighted by Crippen LogP contribution is -2.14. The van der Waals surface area contributed by atoms with Crippen LogP contribution in [0.4, 0.5) is 10.9 Å². The molecule has 2 N–H and O–H groups in total. The van der Waals surface area contributed by atoms with Crippen LogP contribution < -0.4 is 10.6 Å². The summed E-state index contributed by atoms with van der Waals surface area (Å²) in [5, 5.41) is 21.8. The van der Waals surface area contributed by atoms with Gasteiger partial charge < -0.3 is 5.32 Å². The molecule has 2 heterocycles. The van der Waals surface area contributed by atoms with Gasteiger partial charge in [0.25, 0.3) is 5.91 Å². The fraction of sp³-hybridized carbons (Fsp3) is 0.222. The highest BCUT2D eigenvalue weighted by Gasteiger charge is 2.10. The molecule has 0 saturated carbocycles. The predicted molar refractivity (Wildman–Crippen MR) is 64.2 cm³/mol. The van der Waals surface area contributed by atoms with Crippen molar-refractivity contribution >= 4 is 28.2 Å². The number of anilines is 2. The first-order valence-electron chi connectivity index (χ1n) is 4.82. The average molecular weight is 250 g/mol. The predicted octanol–water partition coefficient (Wildman–Crippen LogP) is 0.931. The number of aryl methyl sites for hydroxylation is 1. The topological polar surface area (TPSA) is 92.7 Å². The van der Waals surface area contributed by atoms with Gasteiger partial charge in [-0.3, -0.25) is 10.1 Å². The molecule has 1 amide bonds. The summed E-state index contributed by atoms with van der Waals surface area (Å²) in [7, 11) is 1.73. The molecule has 0 aromatic carbocycles. The van der Waals surface area contributed by atoms with Crippen molar-refractivity contribution in [3.05, 3.63) is 22.8 Å². The summed E-state index contributed by atoms with van der Waals surface area (Å²) in [6.07, 6.45) is 0. The maximum Gasteiger partial charge on any atom is 0.278 e. The summed E-state index contributed by atoms with van der Waals surface area (Å²) >= 11 is 1.30. The second-order valence-corrected chi connectivity index (χ2v) is 4.32. The zero-order valence-corrected chi connectivity index (χ0v) is 10.1. The van der Waals surface area contributed by atoms with E-state index in [4.69, 9.17) is 0 Å². The number of amides is 1. The molecule has 0 radical (unpaired) electrons. The Morgan fingerprint density at radius 3 is 2.59 bits per heavy atom. The van der Waals surface area contributed by atoms with Gasteiger partial charge in [0.05, 0.1) is 0 Å². The molecule has 0 saturated heterocycles. The van der Waals surface area contributed by atoms with Crippen LogP contribution in [0, 0.1) is 6.92 Å². The molecule has 0 spiro atoms. The molecule has 2 rings (SSSR count). The summed E-state index contributed by atoms with van der Waals surface area (Å²) in [6, 6.07) is 3.26. The maximum atomic E-state index is 11.7. The van der Waals surface area contributed by atoms with Crippen LogP contribution in [0.2, 0.25) is 0 Å². The minimum Gasteiger partial charge on any atom is -0.372 e. The Morgan fingerprint density at radius 2 is 2.06 bits per heavy atom. The highest BCUT2D eigenvalue weighted by molar-refractivity contribution is 7.15. The molecule has 7 nitrogen and oxygen atoms in total. The normalized spacial score (nSPS) is 10.0. The summed E-state index contributed by atoms with van der Waals surface area (Å²) in [5.41, 5.74) is 0.233. The minimum atomic E-state index is -0.351. The van der Waals surface area contributed by atoms with Crippen LogP contribution in [0.1, 0.15) is 15.5 Å². The third kappa shape index (κ3) is 2.72. The number of carbonyl (C=O) groups is 1. The number of nitrogens with zero attached hydrogens (tertiary/aromatic N) is 4. The molecule has 0 unspecified atom stereocenters. The van der Waals surface area contributed by atoms with Gasteiger partial charge in [-0.15, -0.1) is 20.4 Å². The van der Waals surface area contributed by atoms with Gasteiger partial charge in [0.15, 0.2) is 5.69 Å². The van der Waals surface area contributed by atoms with Gasteiger partial charge >= 0.3 is 0 Å². The molecular weight excluding hydrogens is 240 g/mol. The van der Waals surface area contributed by atoms with Crippen LogP contribution in [0.25, 0.3) is 0 Å². The van der Waals surface area contributed by atoms with Crippen molar-refractivity contribution in [2.45, 2.75) is 6.92 Å². The summed E-state index contributed by atoms with van der Waals surface area (Å²) in [5.74, 6) is 0.254. The number of hydrogen-bond donors (Lipinski definition) is 2. The number of rotatable bonds is 3. The van der Waals surface area contributed by atoms with E-state index in [0.717, 1.165) is 5.01 Å². The SMILES string of the molecule is CNc1ccc(C(=O)Nc2nnc(C)s2)nn1. The van der Waals surface area contributed by atoms with E-state index >= 15 is 0 Å². The molecule has 0 aliphatic heterocycles. The van der Waals surface area contributed by atoms with E-state index in [2.05, 4.69) is 31.0 Å². The van der Waals surface area contributed by atoms with Crippen molar-refractivity contribution in [1.29, 1.82) is 0 Å². The van der Waals surface area contributed by atoms with E-state index in [9.17, 15) is 4.79 Å². The fourth-order valence-corrected chi connectivity index (χ4v) is 1.68. The van der Waals surface area contributed by atoms with E-state index in [1.807, 2.05) is 6.92 Å². The van der Waals surface area contributed by atoms with Crippen LogP contribution in [0.3, 0.4) is 0 Å². The van der Waals surface area contributed by atoms with E-state index in [0.29, 0.717) is 10.9 Å². The zero-order chi connectivity index (χ0) is 12.3. The van der Waals surface area contributed by atoms with Crippen LogP contribution in [0.15, 0.2) is 12.1 Å². The van der Waals surface area contributed by atoms with E-state index in [-0.39, 0.29) is 11.6 Å². The van der Waals surface area contributed by atoms with E-state index in [1.54, 1.807) is 19.2 Å². The lowest BCUT2D eigenvalue weighted by atomic mass is 10.3. The van der Waals surface area contributed by atoms with Crippen molar-refractivity contribution in [1.82, 2.24) is 20.4 Å². The van der Waals surface area contributed by atoms with Crippen molar-refractivity contribution in [3.63, 3.8) is 0 Å². The van der Waals surface area contributed by atoms with Gasteiger partial charge in [0, 0.05) is 7.05 Å². The van der Waals surface area contributed by atoms with Gasteiger partial charge in [0.1, 0.15) is 10.8 Å². The largest absolute Gasteiger partial charge is 0.372 e. The first-order valence-corrected chi connectivity index (χ1v) is 5.63. The Balaban J connectivity index is 2.09. The molecule has 0 aliphatic carbocycles. The van der Waals surface area contributed by atoms with E-state index in [1.165, 1.54) is 11.3 Å². The zero-order valence-electron chi connectivity index (χ0n) is 9.26. The Labute approximate surface area is 101 Å².